The van der Waals surface area contributed by atoms with Crippen molar-refractivity contribution in [1.82, 2.24) is 0 Å². The molecule has 0 bridgehead atoms. The van der Waals surface area contributed by atoms with Gasteiger partial charge in [-0.3, -0.25) is 9.59 Å². The quantitative estimate of drug-likeness (QED) is 0.396. The van der Waals surface area contributed by atoms with Crippen LogP contribution in [-0.2, 0) is 9.59 Å². The minimum absolute atomic E-state index is 1.19. The number of primary amides is 2. The highest BCUT2D eigenvalue weighted by molar-refractivity contribution is 6.36. The zero-order chi connectivity index (χ0) is 11.8. The van der Waals surface area contributed by atoms with Gasteiger partial charge in [-0.05, 0) is 0 Å². The summed E-state index contributed by atoms with van der Waals surface area (Å²) in [5.41, 5.74) is 9.04. The topological polar surface area (TPSA) is 127 Å². The summed E-state index contributed by atoms with van der Waals surface area (Å²) in [7, 11) is 1.50. The highest BCUT2D eigenvalue weighted by Crippen LogP contribution is 2.09. The van der Waals surface area contributed by atoms with E-state index in [0.29, 0.717) is 0 Å². The second-order valence-corrected chi connectivity index (χ2v) is 3.46. The van der Waals surface area contributed by atoms with Gasteiger partial charge < -0.3 is 21.7 Å². The molecule has 1 aliphatic heterocycles. The number of aliphatic hydroxyl groups excluding tert-OH is 2. The van der Waals surface area contributed by atoms with Crippen molar-refractivity contribution in [1.29, 1.82) is 0 Å². The summed E-state index contributed by atoms with van der Waals surface area (Å²) in [6.07, 6.45) is 2.16. The molecule has 86 valence electrons. The highest BCUT2D eigenvalue weighted by atomic mass is 16.3. The Morgan fingerprint density at radius 3 is 1.47 bits per heavy atom. The first kappa shape index (κ1) is 13.9. The van der Waals surface area contributed by atoms with Crippen LogP contribution in [0.4, 0.5) is 0 Å². The van der Waals surface area contributed by atoms with E-state index in [4.69, 9.17) is 10.2 Å². The number of amides is 2. The lowest BCUT2D eigenvalue weighted by Crippen LogP contribution is -2.46. The Labute approximate surface area is 88.9 Å². The third-order valence-corrected chi connectivity index (χ3v) is 2.13. The Morgan fingerprint density at radius 2 is 1.33 bits per heavy atom. The van der Waals surface area contributed by atoms with E-state index in [-0.39, 0.29) is 0 Å². The summed E-state index contributed by atoms with van der Waals surface area (Å²) in [6.45, 7) is 0. The van der Waals surface area contributed by atoms with E-state index in [0.717, 1.165) is 0 Å². The molecule has 2 amide bonds. The second kappa shape index (κ2) is 7.25. The van der Waals surface area contributed by atoms with E-state index >= 15 is 0 Å². The number of carbonyl (C=O) groups excluding carboxylic acids is 2. The fraction of sp³-hybridized carbons (Fsp3) is 0.750. The first-order chi connectivity index (χ1) is 6.96. The van der Waals surface area contributed by atoms with E-state index in [9.17, 15) is 9.59 Å². The number of hydrogen-bond donors (Lipinski definition) is 4. The standard InChI is InChI=1S/C4H9B.C4H8N2O4/c1-2-4-5-3-1;5-3(9)1(7)2(8)4(6)10/h5H,1-4H2;1-2,7-8H,(H2,5,9)(H2,6,10). The van der Waals surface area contributed by atoms with Gasteiger partial charge in [-0.25, -0.2) is 0 Å². The van der Waals surface area contributed by atoms with Crippen LogP contribution in [0.1, 0.15) is 12.8 Å². The Kier molecular flexibility index (Phi) is 6.73. The van der Waals surface area contributed by atoms with Crippen molar-refractivity contribution in [2.75, 3.05) is 0 Å². The van der Waals surface area contributed by atoms with Gasteiger partial charge >= 0.3 is 0 Å². The van der Waals surface area contributed by atoms with Gasteiger partial charge in [-0.1, -0.05) is 25.5 Å². The molecule has 15 heavy (non-hydrogen) atoms. The van der Waals surface area contributed by atoms with Crippen LogP contribution in [0.2, 0.25) is 12.6 Å². The molecule has 0 radical (unpaired) electrons. The molecular formula is C8H17BN2O4. The van der Waals surface area contributed by atoms with E-state index < -0.39 is 24.0 Å². The van der Waals surface area contributed by atoms with Crippen molar-refractivity contribution in [2.45, 2.75) is 37.7 Å². The molecule has 1 heterocycles. The summed E-state index contributed by atoms with van der Waals surface area (Å²) < 4.78 is 0. The van der Waals surface area contributed by atoms with E-state index in [2.05, 4.69) is 11.5 Å². The van der Waals surface area contributed by atoms with Gasteiger partial charge in [0.25, 0.3) is 0 Å². The molecule has 1 rings (SSSR count). The van der Waals surface area contributed by atoms with Crippen molar-refractivity contribution in [3.63, 3.8) is 0 Å². The SMILES string of the molecule is B1CCCC1.NC(=O)C(O)C(O)C(N)=O. The van der Waals surface area contributed by atoms with Gasteiger partial charge in [0.2, 0.25) is 11.8 Å². The molecule has 0 spiro atoms. The maximum atomic E-state index is 10.0. The minimum Gasteiger partial charge on any atom is -0.380 e. The first-order valence-corrected chi connectivity index (χ1v) is 4.91. The number of hydrogen-bond acceptors (Lipinski definition) is 4. The third-order valence-electron chi connectivity index (χ3n) is 2.13. The van der Waals surface area contributed by atoms with E-state index in [1.807, 2.05) is 0 Å². The number of aliphatic hydroxyl groups is 2. The van der Waals surface area contributed by atoms with Crippen LogP contribution in [0.25, 0.3) is 0 Å². The molecule has 2 atom stereocenters. The molecule has 0 aromatic rings. The lowest BCUT2D eigenvalue weighted by atomic mass is 9.77. The van der Waals surface area contributed by atoms with Crippen molar-refractivity contribution in [3.8, 4) is 0 Å². The van der Waals surface area contributed by atoms with Gasteiger partial charge in [-0.2, -0.15) is 0 Å². The number of carbonyl (C=O) groups is 2. The van der Waals surface area contributed by atoms with Gasteiger partial charge in [0, 0.05) is 0 Å². The fourth-order valence-electron chi connectivity index (χ4n) is 1.20. The van der Waals surface area contributed by atoms with Crippen LogP contribution in [0, 0.1) is 0 Å². The molecule has 1 fully saturated rings. The molecule has 0 aliphatic carbocycles. The Morgan fingerprint density at radius 1 is 1.00 bits per heavy atom. The van der Waals surface area contributed by atoms with Crippen LogP contribution < -0.4 is 11.5 Å². The molecule has 1 aliphatic rings. The van der Waals surface area contributed by atoms with Crippen molar-refractivity contribution in [2.24, 2.45) is 11.5 Å². The predicted octanol–water partition coefficient (Wildman–Crippen LogP) is -2.27. The van der Waals surface area contributed by atoms with Crippen LogP contribution in [0.15, 0.2) is 0 Å². The third kappa shape index (κ3) is 6.08. The molecular weight excluding hydrogens is 199 g/mol. The summed E-state index contributed by atoms with van der Waals surface area (Å²) in [6, 6.07) is 0. The first-order valence-electron chi connectivity index (χ1n) is 4.91. The average Bonchev–Trinajstić information content (AvgIpc) is 2.73. The molecule has 0 aromatic carbocycles. The average molecular weight is 216 g/mol. The Bertz CT molecular complexity index is 195. The zero-order valence-electron chi connectivity index (χ0n) is 8.56. The molecule has 1 saturated heterocycles. The molecule has 0 saturated carbocycles. The number of rotatable bonds is 3. The van der Waals surface area contributed by atoms with Gasteiger partial charge in [-0.15, -0.1) is 0 Å². The minimum atomic E-state index is -1.92. The van der Waals surface area contributed by atoms with Gasteiger partial charge in [0.15, 0.2) is 12.2 Å². The van der Waals surface area contributed by atoms with Crippen molar-refractivity contribution in [3.05, 3.63) is 0 Å². The summed E-state index contributed by atoms with van der Waals surface area (Å²) in [4.78, 5) is 20.1. The summed E-state index contributed by atoms with van der Waals surface area (Å²) >= 11 is 0. The maximum Gasteiger partial charge on any atom is 0.249 e. The van der Waals surface area contributed by atoms with Crippen LogP contribution >= 0.6 is 0 Å². The Balaban J connectivity index is 0.000000322. The molecule has 2 unspecified atom stereocenters. The predicted molar refractivity (Wildman–Crippen MR) is 56.4 cm³/mol. The highest BCUT2D eigenvalue weighted by Gasteiger charge is 2.25. The van der Waals surface area contributed by atoms with E-state index in [1.165, 1.54) is 32.8 Å². The molecule has 0 aromatic heterocycles. The number of nitrogens with two attached hydrogens (primary N) is 2. The van der Waals surface area contributed by atoms with Crippen molar-refractivity contribution >= 4 is 19.1 Å². The Hall–Kier alpha value is -1.08. The molecule has 6 N–H and O–H groups in total. The van der Waals surface area contributed by atoms with E-state index in [1.54, 1.807) is 0 Å². The normalized spacial score (nSPS) is 18.0. The smallest absolute Gasteiger partial charge is 0.249 e. The molecule has 6 nitrogen and oxygen atoms in total. The largest absolute Gasteiger partial charge is 0.380 e. The molecule has 7 heteroatoms. The lowest BCUT2D eigenvalue weighted by molar-refractivity contribution is -0.142. The van der Waals surface area contributed by atoms with Crippen LogP contribution in [-0.4, -0.2) is 41.5 Å². The summed E-state index contributed by atoms with van der Waals surface area (Å²) in [5, 5.41) is 17.1. The monoisotopic (exact) mass is 216 g/mol. The maximum absolute atomic E-state index is 10.0. The fourth-order valence-corrected chi connectivity index (χ4v) is 1.20. The lowest BCUT2D eigenvalue weighted by Gasteiger charge is -2.09. The van der Waals surface area contributed by atoms with Crippen molar-refractivity contribution < 1.29 is 19.8 Å². The summed E-state index contributed by atoms with van der Waals surface area (Å²) in [5.74, 6) is -2.38. The van der Waals surface area contributed by atoms with Gasteiger partial charge in [0.1, 0.15) is 7.28 Å². The second-order valence-electron chi connectivity index (χ2n) is 3.46. The van der Waals surface area contributed by atoms with Crippen LogP contribution in [0.3, 0.4) is 0 Å². The van der Waals surface area contributed by atoms with Crippen LogP contribution in [0.5, 0.6) is 0 Å². The zero-order valence-corrected chi connectivity index (χ0v) is 8.56. The van der Waals surface area contributed by atoms with Gasteiger partial charge in [0.05, 0.1) is 0 Å².